The Morgan fingerprint density at radius 3 is 2.09 bits per heavy atom. The van der Waals surface area contributed by atoms with Crippen LogP contribution in [0.25, 0.3) is 0 Å². The van der Waals surface area contributed by atoms with E-state index < -0.39 is 0 Å². The number of amides is 2. The van der Waals surface area contributed by atoms with Gasteiger partial charge in [-0.15, -0.1) is 0 Å². The zero-order valence-corrected chi connectivity index (χ0v) is 15.4. The number of rotatable bonds is 7. The Morgan fingerprint density at radius 1 is 1.09 bits per heavy atom. The second kappa shape index (κ2) is 8.76. The van der Waals surface area contributed by atoms with Crippen LogP contribution in [0.2, 0.25) is 0 Å². The molecule has 7 heteroatoms. The minimum atomic E-state index is -0.270. The lowest BCUT2D eigenvalue weighted by molar-refractivity contribution is 0.252. The third-order valence-electron chi connectivity index (χ3n) is 2.85. The van der Waals surface area contributed by atoms with Crippen molar-refractivity contribution >= 4 is 23.5 Å². The predicted octanol–water partition coefficient (Wildman–Crippen LogP) is 3.37. The van der Waals surface area contributed by atoms with Gasteiger partial charge in [-0.2, -0.15) is 11.8 Å². The van der Waals surface area contributed by atoms with Crippen LogP contribution in [0, 0.1) is 0 Å². The summed E-state index contributed by atoms with van der Waals surface area (Å²) in [6.07, 6.45) is 0. The van der Waals surface area contributed by atoms with E-state index in [2.05, 4.69) is 31.4 Å². The zero-order chi connectivity index (χ0) is 17.5. The molecule has 0 unspecified atom stereocenters. The van der Waals surface area contributed by atoms with Gasteiger partial charge in [0.15, 0.2) is 11.5 Å². The van der Waals surface area contributed by atoms with E-state index in [1.54, 1.807) is 23.9 Å². The molecule has 0 aliphatic carbocycles. The number of benzene rings is 1. The highest BCUT2D eigenvalue weighted by molar-refractivity contribution is 8.00. The predicted molar refractivity (Wildman–Crippen MR) is 95.3 cm³/mol. The van der Waals surface area contributed by atoms with E-state index >= 15 is 0 Å². The van der Waals surface area contributed by atoms with E-state index in [0.29, 0.717) is 29.5 Å². The van der Waals surface area contributed by atoms with Gasteiger partial charge in [0.05, 0.1) is 27.0 Å². The molecule has 1 rings (SSSR count). The molecule has 0 aliphatic heterocycles. The molecule has 0 radical (unpaired) electrons. The topological polar surface area (TPSA) is 68.8 Å². The van der Waals surface area contributed by atoms with Crippen LogP contribution in [0.3, 0.4) is 0 Å². The van der Waals surface area contributed by atoms with Gasteiger partial charge in [-0.1, -0.05) is 20.8 Å². The van der Waals surface area contributed by atoms with Crippen LogP contribution in [0.4, 0.5) is 10.5 Å². The van der Waals surface area contributed by atoms with Gasteiger partial charge in [-0.05, 0) is 0 Å². The van der Waals surface area contributed by atoms with Gasteiger partial charge in [0.25, 0.3) is 0 Å². The average Bonchev–Trinajstić information content (AvgIpc) is 2.49. The largest absolute Gasteiger partial charge is 0.493 e. The molecule has 0 spiro atoms. The first kappa shape index (κ1) is 19.3. The van der Waals surface area contributed by atoms with Crippen molar-refractivity contribution in [1.29, 1.82) is 0 Å². The molecule has 23 heavy (non-hydrogen) atoms. The maximum atomic E-state index is 11.9. The number of carbonyl (C=O) groups is 1. The minimum absolute atomic E-state index is 0.189. The number of hydrogen-bond acceptors (Lipinski definition) is 5. The monoisotopic (exact) mass is 342 g/mol. The van der Waals surface area contributed by atoms with Crippen LogP contribution in [0.1, 0.15) is 20.8 Å². The van der Waals surface area contributed by atoms with Crippen LogP contribution in [0.5, 0.6) is 17.2 Å². The summed E-state index contributed by atoms with van der Waals surface area (Å²) in [5, 5.41) is 5.59. The van der Waals surface area contributed by atoms with Gasteiger partial charge in [-0.25, -0.2) is 4.79 Å². The normalized spacial score (nSPS) is 10.9. The number of ether oxygens (including phenoxy) is 3. The molecule has 2 amide bonds. The Balaban J connectivity index is 2.64. The number of urea groups is 1. The van der Waals surface area contributed by atoms with Gasteiger partial charge in [-0.3, -0.25) is 0 Å². The number of methoxy groups -OCH3 is 3. The molecule has 0 bridgehead atoms. The summed E-state index contributed by atoms with van der Waals surface area (Å²) in [4.78, 5) is 11.9. The summed E-state index contributed by atoms with van der Waals surface area (Å²) >= 11 is 1.80. The molecule has 0 aliphatic rings. The van der Waals surface area contributed by atoms with Gasteiger partial charge in [0, 0.05) is 29.2 Å². The lowest BCUT2D eigenvalue weighted by Crippen LogP contribution is -2.31. The Hall–Kier alpha value is -1.76. The SMILES string of the molecule is COc1cc(NC(=O)NCCSC(C)(C)C)cc(OC)c1OC. The highest BCUT2D eigenvalue weighted by Gasteiger charge is 2.14. The third kappa shape index (κ3) is 6.48. The van der Waals surface area contributed by atoms with Crippen LogP contribution < -0.4 is 24.8 Å². The second-order valence-electron chi connectivity index (χ2n) is 5.76. The van der Waals surface area contributed by atoms with Crippen molar-refractivity contribution in [3.63, 3.8) is 0 Å². The smallest absolute Gasteiger partial charge is 0.319 e. The lowest BCUT2D eigenvalue weighted by atomic mass is 10.2. The first-order chi connectivity index (χ1) is 10.8. The van der Waals surface area contributed by atoms with Crippen molar-refractivity contribution in [2.75, 3.05) is 38.9 Å². The first-order valence-electron chi connectivity index (χ1n) is 7.29. The molecule has 130 valence electrons. The number of nitrogens with one attached hydrogen (secondary N) is 2. The summed E-state index contributed by atoms with van der Waals surface area (Å²) in [6, 6.07) is 3.10. The molecule has 1 aromatic carbocycles. The van der Waals surface area contributed by atoms with Crippen LogP contribution in [-0.2, 0) is 0 Å². The first-order valence-corrected chi connectivity index (χ1v) is 8.28. The maximum Gasteiger partial charge on any atom is 0.319 e. The van der Waals surface area contributed by atoms with Crippen LogP contribution >= 0.6 is 11.8 Å². The number of thioether (sulfide) groups is 1. The molecule has 0 atom stereocenters. The van der Waals surface area contributed by atoms with Crippen molar-refractivity contribution in [1.82, 2.24) is 5.32 Å². The van der Waals surface area contributed by atoms with Gasteiger partial charge < -0.3 is 24.8 Å². The molecule has 0 aromatic heterocycles. The summed E-state index contributed by atoms with van der Waals surface area (Å²) in [5.74, 6) is 2.32. The fourth-order valence-corrected chi connectivity index (χ4v) is 2.67. The average molecular weight is 342 g/mol. The maximum absolute atomic E-state index is 11.9. The quantitative estimate of drug-likeness (QED) is 0.744. The Morgan fingerprint density at radius 2 is 1.65 bits per heavy atom. The van der Waals surface area contributed by atoms with Gasteiger partial charge >= 0.3 is 6.03 Å². The second-order valence-corrected chi connectivity index (χ2v) is 7.68. The molecular weight excluding hydrogens is 316 g/mol. The van der Waals surface area contributed by atoms with Crippen LogP contribution in [0.15, 0.2) is 12.1 Å². The number of hydrogen-bond donors (Lipinski definition) is 2. The van der Waals surface area contributed by atoms with Crippen molar-refractivity contribution < 1.29 is 19.0 Å². The van der Waals surface area contributed by atoms with E-state index in [1.807, 2.05) is 0 Å². The highest BCUT2D eigenvalue weighted by Crippen LogP contribution is 2.39. The molecule has 0 fully saturated rings. The summed E-state index contributed by atoms with van der Waals surface area (Å²) in [7, 11) is 4.60. The molecule has 0 heterocycles. The number of anilines is 1. The van der Waals surface area contributed by atoms with E-state index in [-0.39, 0.29) is 10.8 Å². The standard InChI is InChI=1S/C16H26N2O4S/c1-16(2,3)23-8-7-17-15(19)18-11-9-12(20-4)14(22-6)13(10-11)21-5/h9-10H,7-8H2,1-6H3,(H2,17,18,19). The number of carbonyl (C=O) groups excluding carboxylic acids is 1. The van der Waals surface area contributed by atoms with Crippen LogP contribution in [-0.4, -0.2) is 44.4 Å². The molecule has 0 saturated heterocycles. The van der Waals surface area contributed by atoms with Gasteiger partial charge in [0.2, 0.25) is 5.75 Å². The Labute approximate surface area is 142 Å². The fourth-order valence-electron chi connectivity index (χ4n) is 1.85. The van der Waals surface area contributed by atoms with Crippen molar-refractivity contribution in [2.45, 2.75) is 25.5 Å². The molecule has 0 saturated carbocycles. The van der Waals surface area contributed by atoms with Crippen molar-refractivity contribution in [3.8, 4) is 17.2 Å². The van der Waals surface area contributed by atoms with Gasteiger partial charge in [0.1, 0.15) is 0 Å². The zero-order valence-electron chi connectivity index (χ0n) is 14.6. The molecule has 1 aromatic rings. The highest BCUT2D eigenvalue weighted by atomic mass is 32.2. The van der Waals surface area contributed by atoms with E-state index in [0.717, 1.165) is 5.75 Å². The molecular formula is C16H26N2O4S. The summed E-state index contributed by atoms with van der Waals surface area (Å²) in [6.45, 7) is 7.03. The minimum Gasteiger partial charge on any atom is -0.493 e. The third-order valence-corrected chi connectivity index (χ3v) is 4.12. The van der Waals surface area contributed by atoms with E-state index in [9.17, 15) is 4.79 Å². The Bertz CT molecular complexity index is 504. The summed E-state index contributed by atoms with van der Waals surface area (Å²) < 4.78 is 16.0. The Kier molecular flexibility index (Phi) is 7.35. The van der Waals surface area contributed by atoms with E-state index in [4.69, 9.17) is 14.2 Å². The lowest BCUT2D eigenvalue weighted by Gasteiger charge is -2.18. The van der Waals surface area contributed by atoms with Crippen molar-refractivity contribution in [3.05, 3.63) is 12.1 Å². The van der Waals surface area contributed by atoms with E-state index in [1.165, 1.54) is 21.3 Å². The molecule has 2 N–H and O–H groups in total. The van der Waals surface area contributed by atoms with Crippen molar-refractivity contribution in [2.24, 2.45) is 0 Å². The summed E-state index contributed by atoms with van der Waals surface area (Å²) in [5.41, 5.74) is 0.570. The molecule has 6 nitrogen and oxygen atoms in total. The fraction of sp³-hybridized carbons (Fsp3) is 0.562.